The van der Waals surface area contributed by atoms with Crippen LogP contribution < -0.4 is 10.5 Å². The Bertz CT molecular complexity index is 527. The SMILES string of the molecule is COc1cc(Cl)c(-c2nnc(N)o2)cc1Cl. The number of anilines is 1. The summed E-state index contributed by atoms with van der Waals surface area (Å²) in [5, 5.41) is 8.05. The molecule has 7 heteroatoms. The molecule has 16 heavy (non-hydrogen) atoms. The van der Waals surface area contributed by atoms with E-state index >= 15 is 0 Å². The summed E-state index contributed by atoms with van der Waals surface area (Å²) >= 11 is 12.0. The Balaban J connectivity index is 2.54. The standard InChI is InChI=1S/C9H7Cl2N3O2/c1-15-7-3-5(10)4(2-6(7)11)8-13-14-9(12)16-8/h2-3H,1H3,(H2,12,14). The predicted octanol–water partition coefficient (Wildman–Crippen LogP) is 2.63. The highest BCUT2D eigenvalue weighted by Gasteiger charge is 2.14. The van der Waals surface area contributed by atoms with Gasteiger partial charge in [0.25, 0.3) is 5.89 Å². The van der Waals surface area contributed by atoms with Crippen molar-refractivity contribution in [3.63, 3.8) is 0 Å². The van der Waals surface area contributed by atoms with Crippen molar-refractivity contribution >= 4 is 29.2 Å². The number of aromatic nitrogens is 2. The van der Waals surface area contributed by atoms with Crippen LogP contribution in [-0.2, 0) is 0 Å². The van der Waals surface area contributed by atoms with E-state index in [9.17, 15) is 0 Å². The third-order valence-electron chi connectivity index (χ3n) is 1.91. The van der Waals surface area contributed by atoms with E-state index in [2.05, 4.69) is 10.2 Å². The number of rotatable bonds is 2. The van der Waals surface area contributed by atoms with Crippen LogP contribution in [0.5, 0.6) is 5.75 Å². The van der Waals surface area contributed by atoms with Crippen LogP contribution in [-0.4, -0.2) is 17.3 Å². The molecular weight excluding hydrogens is 253 g/mol. The molecule has 2 N–H and O–H groups in total. The van der Waals surface area contributed by atoms with Crippen LogP contribution in [0.25, 0.3) is 11.5 Å². The number of nitrogen functional groups attached to an aromatic ring is 1. The van der Waals surface area contributed by atoms with E-state index in [1.54, 1.807) is 12.1 Å². The fourth-order valence-electron chi connectivity index (χ4n) is 1.19. The Morgan fingerprint density at radius 1 is 1.25 bits per heavy atom. The second kappa shape index (κ2) is 4.19. The van der Waals surface area contributed by atoms with E-state index in [1.165, 1.54) is 7.11 Å². The van der Waals surface area contributed by atoms with Crippen LogP contribution >= 0.6 is 23.2 Å². The molecule has 0 amide bonds. The molecule has 5 nitrogen and oxygen atoms in total. The summed E-state index contributed by atoms with van der Waals surface area (Å²) in [7, 11) is 1.50. The highest BCUT2D eigenvalue weighted by atomic mass is 35.5. The summed E-state index contributed by atoms with van der Waals surface area (Å²) < 4.78 is 10.1. The van der Waals surface area contributed by atoms with Crippen LogP contribution in [0.15, 0.2) is 16.5 Å². The summed E-state index contributed by atoms with van der Waals surface area (Å²) in [6.45, 7) is 0. The van der Waals surface area contributed by atoms with Crippen molar-refractivity contribution in [2.24, 2.45) is 0 Å². The Morgan fingerprint density at radius 2 is 2.00 bits per heavy atom. The first-order chi connectivity index (χ1) is 7.61. The monoisotopic (exact) mass is 259 g/mol. The molecule has 2 rings (SSSR count). The fraction of sp³-hybridized carbons (Fsp3) is 0.111. The van der Waals surface area contributed by atoms with E-state index in [4.69, 9.17) is 38.1 Å². The lowest BCUT2D eigenvalue weighted by Gasteiger charge is -2.05. The molecule has 1 aromatic carbocycles. The van der Waals surface area contributed by atoms with Gasteiger partial charge >= 0.3 is 6.01 Å². The van der Waals surface area contributed by atoms with E-state index in [1.807, 2.05) is 0 Å². The van der Waals surface area contributed by atoms with Gasteiger partial charge in [-0.05, 0) is 6.07 Å². The van der Waals surface area contributed by atoms with Crippen LogP contribution in [0, 0.1) is 0 Å². The summed E-state index contributed by atoms with van der Waals surface area (Å²) in [4.78, 5) is 0. The molecule has 0 aliphatic rings. The Morgan fingerprint density at radius 3 is 2.56 bits per heavy atom. The number of hydrogen-bond acceptors (Lipinski definition) is 5. The number of nitrogens with zero attached hydrogens (tertiary/aromatic N) is 2. The molecule has 0 atom stereocenters. The van der Waals surface area contributed by atoms with Gasteiger partial charge in [-0.15, -0.1) is 5.10 Å². The summed E-state index contributed by atoms with van der Waals surface area (Å²) in [6, 6.07) is 3.12. The topological polar surface area (TPSA) is 74.2 Å². The Labute approximate surface area is 101 Å². The molecule has 0 bridgehead atoms. The van der Waals surface area contributed by atoms with Crippen molar-refractivity contribution in [3.05, 3.63) is 22.2 Å². The number of ether oxygens (including phenoxy) is 1. The van der Waals surface area contributed by atoms with Crippen LogP contribution in [0.2, 0.25) is 10.0 Å². The zero-order valence-electron chi connectivity index (χ0n) is 8.20. The molecule has 0 unspecified atom stereocenters. The number of benzene rings is 1. The average Bonchev–Trinajstić information content (AvgIpc) is 2.67. The van der Waals surface area contributed by atoms with Crippen molar-refractivity contribution < 1.29 is 9.15 Å². The van der Waals surface area contributed by atoms with Gasteiger partial charge in [-0.25, -0.2) is 0 Å². The number of halogens is 2. The highest BCUT2D eigenvalue weighted by Crippen LogP contribution is 2.36. The van der Waals surface area contributed by atoms with Gasteiger partial charge in [-0.3, -0.25) is 0 Å². The largest absolute Gasteiger partial charge is 0.495 e. The molecule has 0 aliphatic heterocycles. The van der Waals surface area contributed by atoms with Gasteiger partial charge < -0.3 is 14.9 Å². The lowest BCUT2D eigenvalue weighted by molar-refractivity contribution is 0.415. The van der Waals surface area contributed by atoms with Crippen LogP contribution in [0.1, 0.15) is 0 Å². The minimum atomic E-state index is -0.0296. The first-order valence-electron chi connectivity index (χ1n) is 4.24. The number of methoxy groups -OCH3 is 1. The highest BCUT2D eigenvalue weighted by molar-refractivity contribution is 6.36. The van der Waals surface area contributed by atoms with Gasteiger partial charge in [0.15, 0.2) is 0 Å². The molecular formula is C9H7Cl2N3O2. The van der Waals surface area contributed by atoms with Crippen LogP contribution in [0.3, 0.4) is 0 Å². The van der Waals surface area contributed by atoms with Gasteiger partial charge in [0.1, 0.15) is 5.75 Å². The zero-order chi connectivity index (χ0) is 11.7. The van der Waals surface area contributed by atoms with Crippen LogP contribution in [0.4, 0.5) is 6.01 Å². The third kappa shape index (κ3) is 1.91. The van der Waals surface area contributed by atoms with Gasteiger partial charge in [0.05, 0.1) is 22.7 Å². The second-order valence-corrected chi connectivity index (χ2v) is 3.73. The second-order valence-electron chi connectivity index (χ2n) is 2.91. The molecule has 1 heterocycles. The third-order valence-corrected chi connectivity index (χ3v) is 2.52. The van der Waals surface area contributed by atoms with Crippen molar-refractivity contribution in [2.75, 3.05) is 12.8 Å². The van der Waals surface area contributed by atoms with Gasteiger partial charge in [0.2, 0.25) is 0 Å². The summed E-state index contributed by atoms with van der Waals surface area (Å²) in [5.74, 6) is 0.690. The normalized spacial score (nSPS) is 10.4. The van der Waals surface area contributed by atoms with Gasteiger partial charge in [-0.1, -0.05) is 28.3 Å². The molecule has 0 radical (unpaired) electrons. The lowest BCUT2D eigenvalue weighted by Crippen LogP contribution is -1.87. The summed E-state index contributed by atoms with van der Waals surface area (Å²) in [5.41, 5.74) is 5.83. The maximum atomic E-state index is 6.02. The Hall–Kier alpha value is -1.46. The van der Waals surface area contributed by atoms with Crippen molar-refractivity contribution in [2.45, 2.75) is 0 Å². The Kier molecular flexibility index (Phi) is 2.89. The van der Waals surface area contributed by atoms with E-state index in [-0.39, 0.29) is 11.9 Å². The molecule has 0 fully saturated rings. The van der Waals surface area contributed by atoms with Crippen molar-refractivity contribution in [1.29, 1.82) is 0 Å². The van der Waals surface area contributed by atoms with Gasteiger partial charge in [-0.2, -0.15) is 0 Å². The smallest absolute Gasteiger partial charge is 0.313 e. The number of hydrogen-bond donors (Lipinski definition) is 1. The molecule has 0 saturated carbocycles. The van der Waals surface area contributed by atoms with Gasteiger partial charge in [0, 0.05) is 6.07 Å². The zero-order valence-corrected chi connectivity index (χ0v) is 9.71. The van der Waals surface area contributed by atoms with E-state index in [0.29, 0.717) is 21.4 Å². The molecule has 84 valence electrons. The molecule has 0 saturated heterocycles. The number of nitrogens with two attached hydrogens (primary N) is 1. The summed E-state index contributed by atoms with van der Waals surface area (Å²) in [6.07, 6.45) is 0. The molecule has 2 aromatic rings. The van der Waals surface area contributed by atoms with E-state index < -0.39 is 0 Å². The average molecular weight is 260 g/mol. The maximum Gasteiger partial charge on any atom is 0.313 e. The molecule has 0 aliphatic carbocycles. The van der Waals surface area contributed by atoms with E-state index in [0.717, 1.165) is 0 Å². The predicted molar refractivity (Wildman–Crippen MR) is 60.7 cm³/mol. The molecule has 0 spiro atoms. The van der Waals surface area contributed by atoms with Crippen molar-refractivity contribution in [1.82, 2.24) is 10.2 Å². The lowest BCUT2D eigenvalue weighted by atomic mass is 10.2. The fourth-order valence-corrected chi connectivity index (χ4v) is 1.67. The maximum absolute atomic E-state index is 6.02. The molecule has 1 aromatic heterocycles. The first-order valence-corrected chi connectivity index (χ1v) is 5.00. The first kappa shape index (κ1) is 11.0. The minimum absolute atomic E-state index is 0.0296. The minimum Gasteiger partial charge on any atom is -0.495 e. The quantitative estimate of drug-likeness (QED) is 0.898. The van der Waals surface area contributed by atoms with Crippen molar-refractivity contribution in [3.8, 4) is 17.2 Å².